The first-order valence-corrected chi connectivity index (χ1v) is 5.60. The minimum absolute atomic E-state index is 0.136. The van der Waals surface area contributed by atoms with Gasteiger partial charge < -0.3 is 5.32 Å². The number of amides is 1. The fraction of sp³-hybridized carbons (Fsp3) is 0.417. The van der Waals surface area contributed by atoms with Crippen molar-refractivity contribution in [3.8, 4) is 0 Å². The van der Waals surface area contributed by atoms with Gasteiger partial charge in [0.05, 0.1) is 11.6 Å². The van der Waals surface area contributed by atoms with Gasteiger partial charge in [-0.2, -0.15) is 22.0 Å². The van der Waals surface area contributed by atoms with Crippen LogP contribution in [0.25, 0.3) is 0 Å². The van der Waals surface area contributed by atoms with Crippen LogP contribution in [0.5, 0.6) is 0 Å². The van der Waals surface area contributed by atoms with Crippen molar-refractivity contribution in [2.45, 2.75) is 31.5 Å². The van der Waals surface area contributed by atoms with Crippen molar-refractivity contribution in [3.63, 3.8) is 0 Å². The topological polar surface area (TPSA) is 29.1 Å². The SMILES string of the molecule is CC(NC(=O)C(F)(F)C(F)F)c1cccc(C(F)(F)F)c1. The van der Waals surface area contributed by atoms with Crippen LogP contribution in [0.4, 0.5) is 30.7 Å². The van der Waals surface area contributed by atoms with Crippen molar-refractivity contribution < 1.29 is 35.5 Å². The highest BCUT2D eigenvalue weighted by atomic mass is 19.4. The Hall–Kier alpha value is -1.80. The third kappa shape index (κ3) is 4.08. The van der Waals surface area contributed by atoms with Crippen LogP contribution in [-0.4, -0.2) is 18.3 Å². The zero-order chi connectivity index (χ0) is 16.4. The van der Waals surface area contributed by atoms with Crippen molar-refractivity contribution in [1.82, 2.24) is 5.32 Å². The summed E-state index contributed by atoms with van der Waals surface area (Å²) < 4.78 is 86.9. The Balaban J connectivity index is 2.91. The predicted octanol–water partition coefficient (Wildman–Crippen LogP) is 3.78. The molecule has 0 aliphatic rings. The minimum atomic E-state index is -4.91. The summed E-state index contributed by atoms with van der Waals surface area (Å²) >= 11 is 0. The minimum Gasteiger partial charge on any atom is -0.344 e. The maximum atomic E-state index is 12.7. The lowest BCUT2D eigenvalue weighted by molar-refractivity contribution is -0.170. The summed E-state index contributed by atoms with van der Waals surface area (Å²) in [7, 11) is 0. The smallest absolute Gasteiger partial charge is 0.344 e. The molecule has 0 saturated carbocycles. The third-order valence-corrected chi connectivity index (χ3v) is 2.64. The number of hydrogen-bond acceptors (Lipinski definition) is 1. The van der Waals surface area contributed by atoms with Gasteiger partial charge in [0.15, 0.2) is 0 Å². The first-order valence-electron chi connectivity index (χ1n) is 5.60. The van der Waals surface area contributed by atoms with E-state index >= 15 is 0 Å². The lowest BCUT2D eigenvalue weighted by Gasteiger charge is -2.20. The summed E-state index contributed by atoms with van der Waals surface area (Å²) in [6, 6.07) is 2.29. The molecule has 2 nitrogen and oxygen atoms in total. The zero-order valence-electron chi connectivity index (χ0n) is 10.5. The van der Waals surface area contributed by atoms with Crippen LogP contribution >= 0.6 is 0 Å². The van der Waals surface area contributed by atoms with Gasteiger partial charge in [0.25, 0.3) is 5.91 Å². The molecule has 0 aliphatic heterocycles. The fourth-order valence-electron chi connectivity index (χ4n) is 1.46. The molecule has 21 heavy (non-hydrogen) atoms. The van der Waals surface area contributed by atoms with Gasteiger partial charge >= 0.3 is 18.5 Å². The van der Waals surface area contributed by atoms with Crippen LogP contribution in [-0.2, 0) is 11.0 Å². The molecule has 0 saturated heterocycles. The van der Waals surface area contributed by atoms with E-state index in [1.165, 1.54) is 0 Å². The van der Waals surface area contributed by atoms with Gasteiger partial charge in [0, 0.05) is 0 Å². The van der Waals surface area contributed by atoms with E-state index in [4.69, 9.17) is 0 Å². The molecule has 0 bridgehead atoms. The van der Waals surface area contributed by atoms with Crippen molar-refractivity contribution in [2.75, 3.05) is 0 Å². The summed E-state index contributed by atoms with van der Waals surface area (Å²) in [6.07, 6.45) is -8.85. The highest BCUT2D eigenvalue weighted by Crippen LogP contribution is 2.31. The number of halogens is 7. The normalized spacial score (nSPS) is 14.1. The Kier molecular flexibility index (Phi) is 4.85. The molecule has 1 N–H and O–H groups in total. The van der Waals surface area contributed by atoms with Crippen molar-refractivity contribution in [1.29, 1.82) is 0 Å². The summed E-state index contributed by atoms with van der Waals surface area (Å²) in [5.41, 5.74) is -1.18. The molecule has 0 aliphatic carbocycles. The molecule has 1 rings (SSSR count). The molecular weight excluding hydrogens is 307 g/mol. The van der Waals surface area contributed by atoms with Gasteiger partial charge in [0.1, 0.15) is 0 Å². The lowest BCUT2D eigenvalue weighted by Crippen LogP contribution is -2.46. The Labute approximate surface area is 114 Å². The second kappa shape index (κ2) is 5.90. The Bertz CT molecular complexity index is 513. The van der Waals surface area contributed by atoms with E-state index in [0.717, 1.165) is 25.1 Å². The van der Waals surface area contributed by atoms with Gasteiger partial charge in [-0.3, -0.25) is 4.79 Å². The van der Waals surface area contributed by atoms with Crippen molar-refractivity contribution >= 4 is 5.91 Å². The molecule has 0 heterocycles. The van der Waals surface area contributed by atoms with Crippen LogP contribution in [0.15, 0.2) is 24.3 Å². The molecule has 0 spiro atoms. The molecule has 1 aromatic rings. The van der Waals surface area contributed by atoms with Gasteiger partial charge in [-0.25, -0.2) is 8.78 Å². The van der Waals surface area contributed by atoms with Crippen molar-refractivity contribution in [3.05, 3.63) is 35.4 Å². The van der Waals surface area contributed by atoms with Crippen LogP contribution < -0.4 is 5.32 Å². The molecule has 9 heteroatoms. The first kappa shape index (κ1) is 17.3. The number of hydrogen-bond donors (Lipinski definition) is 1. The van der Waals surface area contributed by atoms with E-state index in [0.29, 0.717) is 6.07 Å². The standard InChI is InChI=1S/C12H10F7NO/c1-6(20-10(21)11(15,16)9(13)14)7-3-2-4-8(5-7)12(17,18)19/h2-6,9H,1H3,(H,20,21). The molecular formula is C12H10F7NO. The van der Waals surface area contributed by atoms with Crippen LogP contribution in [0.2, 0.25) is 0 Å². The summed E-state index contributed by atoms with van der Waals surface area (Å²) in [4.78, 5) is 11.0. The third-order valence-electron chi connectivity index (χ3n) is 2.64. The first-order chi connectivity index (χ1) is 9.46. The quantitative estimate of drug-likeness (QED) is 0.841. The number of carbonyl (C=O) groups is 1. The molecule has 1 aromatic carbocycles. The second-order valence-electron chi connectivity index (χ2n) is 4.24. The molecule has 118 valence electrons. The van der Waals surface area contributed by atoms with Gasteiger partial charge in [0.2, 0.25) is 0 Å². The van der Waals surface area contributed by atoms with Gasteiger partial charge in [-0.05, 0) is 24.6 Å². The molecule has 0 aromatic heterocycles. The highest BCUT2D eigenvalue weighted by molar-refractivity contribution is 5.84. The maximum Gasteiger partial charge on any atom is 0.416 e. The van der Waals surface area contributed by atoms with Crippen molar-refractivity contribution in [2.24, 2.45) is 0 Å². The predicted molar refractivity (Wildman–Crippen MR) is 59.0 cm³/mol. The monoisotopic (exact) mass is 317 g/mol. The fourth-order valence-corrected chi connectivity index (χ4v) is 1.46. The summed E-state index contributed by atoms with van der Waals surface area (Å²) in [5, 5.41) is 1.56. The molecule has 0 fully saturated rings. The summed E-state index contributed by atoms with van der Waals surface area (Å²) in [6.45, 7) is 1.11. The molecule has 1 amide bonds. The van der Waals surface area contributed by atoms with Crippen LogP contribution in [0.1, 0.15) is 24.1 Å². The summed E-state index contributed by atoms with van der Waals surface area (Å²) in [5.74, 6) is -7.15. The lowest BCUT2D eigenvalue weighted by atomic mass is 10.0. The van der Waals surface area contributed by atoms with E-state index in [2.05, 4.69) is 0 Å². The average molecular weight is 317 g/mol. The molecule has 1 unspecified atom stereocenters. The van der Waals surface area contributed by atoms with Crippen LogP contribution in [0.3, 0.4) is 0 Å². The van der Waals surface area contributed by atoms with E-state index in [9.17, 15) is 35.5 Å². The van der Waals surface area contributed by atoms with E-state index in [1.54, 1.807) is 5.32 Å². The molecule has 0 radical (unpaired) electrons. The van der Waals surface area contributed by atoms with E-state index in [1.807, 2.05) is 0 Å². The van der Waals surface area contributed by atoms with Crippen LogP contribution in [0, 0.1) is 0 Å². The van der Waals surface area contributed by atoms with E-state index in [-0.39, 0.29) is 5.56 Å². The van der Waals surface area contributed by atoms with Gasteiger partial charge in [-0.1, -0.05) is 12.1 Å². The number of alkyl halides is 7. The number of benzene rings is 1. The highest BCUT2D eigenvalue weighted by Gasteiger charge is 2.49. The Morgan fingerprint density at radius 3 is 2.19 bits per heavy atom. The number of carbonyl (C=O) groups excluding carboxylic acids is 1. The number of rotatable bonds is 4. The number of nitrogens with one attached hydrogen (secondary N) is 1. The Morgan fingerprint density at radius 2 is 1.71 bits per heavy atom. The largest absolute Gasteiger partial charge is 0.416 e. The zero-order valence-corrected chi connectivity index (χ0v) is 10.5. The van der Waals surface area contributed by atoms with E-state index < -0.39 is 36.0 Å². The second-order valence-corrected chi connectivity index (χ2v) is 4.24. The van der Waals surface area contributed by atoms with Gasteiger partial charge in [-0.15, -0.1) is 0 Å². The average Bonchev–Trinajstić information content (AvgIpc) is 2.37. The molecule has 1 atom stereocenters. The Morgan fingerprint density at radius 1 is 1.14 bits per heavy atom. The maximum absolute atomic E-state index is 12.7.